The molecule has 0 heterocycles. The first-order valence-electron chi connectivity index (χ1n) is 4.94. The molecule has 1 nitrogen and oxygen atoms in total. The average Bonchev–Trinajstić information content (AvgIpc) is 2.25. The first kappa shape index (κ1) is 12.6. The maximum absolute atomic E-state index is 12.3. The molecule has 0 spiro atoms. The van der Waals surface area contributed by atoms with E-state index in [1.54, 1.807) is 6.92 Å². The van der Waals surface area contributed by atoms with Crippen LogP contribution in [0.3, 0.4) is 0 Å². The highest BCUT2D eigenvalue weighted by Gasteiger charge is 2.24. The molecule has 0 saturated carbocycles. The summed E-state index contributed by atoms with van der Waals surface area (Å²) in [5.41, 5.74) is -0.0374. The number of hydrogen-bond donors (Lipinski definition) is 0. The van der Waals surface area contributed by atoms with Gasteiger partial charge in [0.2, 0.25) is 0 Å². The summed E-state index contributed by atoms with van der Waals surface area (Å²) in [5.74, 6) is -0.0517. The van der Waals surface area contributed by atoms with Crippen LogP contribution in [0.25, 0.3) is 6.08 Å². The van der Waals surface area contributed by atoms with E-state index in [1.807, 2.05) is 0 Å². The van der Waals surface area contributed by atoms with Crippen molar-refractivity contribution in [2.75, 3.05) is 0 Å². The van der Waals surface area contributed by atoms with E-state index in [9.17, 15) is 17.7 Å². The van der Waals surface area contributed by atoms with Gasteiger partial charge in [-0.2, -0.15) is 0 Å². The number of halogens is 3. The first-order valence-corrected chi connectivity index (χ1v) is 4.94. The number of hydrogen-bond acceptors (Lipinski definition) is 1. The van der Waals surface area contributed by atoms with Crippen molar-refractivity contribution in [3.8, 4) is 0 Å². The van der Waals surface area contributed by atoms with Gasteiger partial charge in [-0.15, -0.1) is 5.46 Å². The maximum atomic E-state index is 12.3. The Morgan fingerprint density at radius 3 is 2.25 bits per heavy atom. The van der Waals surface area contributed by atoms with Gasteiger partial charge in [0.25, 0.3) is 0 Å². The Balaban J connectivity index is 2.80. The van der Waals surface area contributed by atoms with E-state index in [1.165, 1.54) is 24.3 Å². The number of carbonyl (C=O) groups is 1. The van der Waals surface area contributed by atoms with Gasteiger partial charge in [0.05, 0.1) is 0 Å². The Kier molecular flexibility index (Phi) is 3.93. The van der Waals surface area contributed by atoms with Gasteiger partial charge < -0.3 is 12.9 Å². The van der Waals surface area contributed by atoms with E-state index in [2.05, 4.69) is 0 Å². The minimum atomic E-state index is -4.94. The van der Waals surface area contributed by atoms with Crippen molar-refractivity contribution >= 4 is 24.3 Å². The Bertz CT molecular complexity index is 393. The predicted octanol–water partition coefficient (Wildman–Crippen LogP) is 2.73. The van der Waals surface area contributed by atoms with Crippen LogP contribution in [0, 0.1) is 0 Å². The first-order chi connectivity index (χ1) is 7.43. The quantitative estimate of drug-likeness (QED) is 0.570. The summed E-state index contributed by atoms with van der Waals surface area (Å²) < 4.78 is 36.8. The minimum Gasteiger partial charge on any atom is -0.445 e. The van der Waals surface area contributed by atoms with E-state index in [0.717, 1.165) is 12.1 Å². The largest absolute Gasteiger partial charge is 0.509 e. The summed E-state index contributed by atoms with van der Waals surface area (Å²) in [5, 5.41) is 0. The fourth-order valence-electron chi connectivity index (χ4n) is 1.13. The van der Waals surface area contributed by atoms with Crippen molar-refractivity contribution < 1.29 is 17.7 Å². The van der Waals surface area contributed by atoms with Crippen LogP contribution in [0.5, 0.6) is 0 Å². The van der Waals surface area contributed by atoms with E-state index in [4.69, 9.17) is 0 Å². The molecule has 0 N–H and O–H groups in total. The molecule has 1 rings (SSSR count). The normalized spacial score (nSPS) is 12.0. The van der Waals surface area contributed by atoms with Crippen molar-refractivity contribution in [2.45, 2.75) is 13.3 Å². The standard InChI is InChI=1S/C11H11BF3O/c1-2-11(16)8-5-9-3-6-10(7-4-9)12(13,14)15/h3-8H,2H2,1H3/q-1/b8-5+. The second-order valence-electron chi connectivity index (χ2n) is 3.39. The van der Waals surface area contributed by atoms with Gasteiger partial charge in [0, 0.05) is 6.42 Å². The summed E-state index contributed by atoms with van der Waals surface area (Å²) in [6, 6.07) is 4.75. The van der Waals surface area contributed by atoms with Crippen LogP contribution in [0.1, 0.15) is 18.9 Å². The molecule has 0 saturated heterocycles. The van der Waals surface area contributed by atoms with Crippen LogP contribution in [-0.2, 0) is 4.79 Å². The van der Waals surface area contributed by atoms with E-state index < -0.39 is 12.4 Å². The monoisotopic (exact) mass is 227 g/mol. The van der Waals surface area contributed by atoms with Crippen LogP contribution in [0.4, 0.5) is 12.9 Å². The molecule has 0 amide bonds. The summed E-state index contributed by atoms with van der Waals surface area (Å²) in [6.45, 7) is -3.22. The topological polar surface area (TPSA) is 17.1 Å². The summed E-state index contributed by atoms with van der Waals surface area (Å²) in [6.07, 6.45) is 3.27. The van der Waals surface area contributed by atoms with Gasteiger partial charge in [-0.3, -0.25) is 4.79 Å². The zero-order valence-corrected chi connectivity index (χ0v) is 8.79. The number of allylic oxidation sites excluding steroid dienone is 1. The third-order valence-corrected chi connectivity index (χ3v) is 2.12. The number of benzene rings is 1. The molecule has 0 fully saturated rings. The fourth-order valence-corrected chi connectivity index (χ4v) is 1.13. The third kappa shape index (κ3) is 3.57. The van der Waals surface area contributed by atoms with Gasteiger partial charge in [-0.25, -0.2) is 0 Å². The lowest BCUT2D eigenvalue weighted by Gasteiger charge is -2.14. The molecule has 86 valence electrons. The molecule has 1 aromatic carbocycles. The molecule has 16 heavy (non-hydrogen) atoms. The highest BCUT2D eigenvalue weighted by molar-refractivity contribution is 6.73. The van der Waals surface area contributed by atoms with Crippen LogP contribution < -0.4 is 5.46 Å². The summed E-state index contributed by atoms with van der Waals surface area (Å²) >= 11 is 0. The number of ketones is 1. The van der Waals surface area contributed by atoms with E-state index >= 15 is 0 Å². The van der Waals surface area contributed by atoms with E-state index in [-0.39, 0.29) is 5.78 Å². The van der Waals surface area contributed by atoms with Gasteiger partial charge >= 0.3 is 6.98 Å². The highest BCUT2D eigenvalue weighted by Crippen LogP contribution is 2.10. The zero-order chi connectivity index (χ0) is 12.2. The Labute approximate surface area is 92.0 Å². The molecule has 0 radical (unpaired) electrons. The molecular formula is C11H11BF3O-. The molecule has 1 aromatic rings. The summed E-state index contributed by atoms with van der Waals surface area (Å²) in [4.78, 5) is 10.9. The molecule has 0 atom stereocenters. The van der Waals surface area contributed by atoms with Crippen molar-refractivity contribution in [1.29, 1.82) is 0 Å². The van der Waals surface area contributed by atoms with Crippen LogP contribution in [0.15, 0.2) is 30.3 Å². The molecule has 0 aliphatic carbocycles. The van der Waals surface area contributed by atoms with Crippen LogP contribution in [0.2, 0.25) is 0 Å². The van der Waals surface area contributed by atoms with Gasteiger partial charge in [-0.05, 0) is 11.6 Å². The second-order valence-corrected chi connectivity index (χ2v) is 3.39. The Hall–Kier alpha value is -1.52. The van der Waals surface area contributed by atoms with Crippen molar-refractivity contribution in [3.63, 3.8) is 0 Å². The van der Waals surface area contributed by atoms with Gasteiger partial charge in [-0.1, -0.05) is 37.3 Å². The second kappa shape index (κ2) is 5.01. The molecular weight excluding hydrogens is 216 g/mol. The SMILES string of the molecule is CCC(=O)/C=C/c1ccc([B-](F)(F)F)cc1. The third-order valence-electron chi connectivity index (χ3n) is 2.12. The summed E-state index contributed by atoms with van der Waals surface area (Å²) in [7, 11) is 0. The van der Waals surface area contributed by atoms with Crippen molar-refractivity contribution in [1.82, 2.24) is 0 Å². The zero-order valence-electron chi connectivity index (χ0n) is 8.79. The molecule has 5 heteroatoms. The van der Waals surface area contributed by atoms with Crippen LogP contribution in [-0.4, -0.2) is 12.8 Å². The maximum Gasteiger partial charge on any atom is 0.509 e. The van der Waals surface area contributed by atoms with E-state index in [0.29, 0.717) is 12.0 Å². The van der Waals surface area contributed by atoms with Gasteiger partial charge in [0.15, 0.2) is 5.78 Å². The smallest absolute Gasteiger partial charge is 0.445 e. The fraction of sp³-hybridized carbons (Fsp3) is 0.182. The molecule has 0 aliphatic rings. The van der Waals surface area contributed by atoms with Crippen molar-refractivity contribution in [2.24, 2.45) is 0 Å². The predicted molar refractivity (Wildman–Crippen MR) is 59.5 cm³/mol. The van der Waals surface area contributed by atoms with Gasteiger partial charge in [0.1, 0.15) is 0 Å². The Morgan fingerprint density at radius 1 is 1.25 bits per heavy atom. The molecule has 0 aliphatic heterocycles. The lowest BCUT2D eigenvalue weighted by molar-refractivity contribution is -0.114. The van der Waals surface area contributed by atoms with Crippen molar-refractivity contribution in [3.05, 3.63) is 35.9 Å². The molecule has 0 bridgehead atoms. The number of carbonyl (C=O) groups excluding carboxylic acids is 1. The lowest BCUT2D eigenvalue weighted by Crippen LogP contribution is -2.33. The average molecular weight is 227 g/mol. The number of rotatable bonds is 4. The highest BCUT2D eigenvalue weighted by atomic mass is 19.4. The molecule has 0 aromatic heterocycles. The van der Waals surface area contributed by atoms with Crippen LogP contribution >= 0.6 is 0 Å². The molecule has 0 unspecified atom stereocenters. The lowest BCUT2D eigenvalue weighted by atomic mass is 9.80. The Morgan fingerprint density at radius 2 is 1.81 bits per heavy atom. The minimum absolute atomic E-state index is 0.0517.